The number of hydrogen-bond donors (Lipinski definition) is 2. The fourth-order valence-electron chi connectivity index (χ4n) is 1.65. The van der Waals surface area contributed by atoms with Crippen LogP contribution in [-0.4, -0.2) is 4.98 Å². The van der Waals surface area contributed by atoms with Gasteiger partial charge in [0.25, 0.3) is 0 Å². The summed E-state index contributed by atoms with van der Waals surface area (Å²) in [5, 5.41) is 2.06. The Balaban J connectivity index is 2.78. The van der Waals surface area contributed by atoms with Crippen molar-refractivity contribution in [2.45, 2.75) is 13.3 Å². The third-order valence-corrected chi connectivity index (χ3v) is 2.94. The zero-order chi connectivity index (χ0) is 11.7. The van der Waals surface area contributed by atoms with Crippen LogP contribution >= 0.6 is 23.2 Å². The molecule has 0 aliphatic carbocycles. The Morgan fingerprint density at radius 3 is 2.69 bits per heavy atom. The maximum absolute atomic E-state index is 6.07. The largest absolute Gasteiger partial charge is 0.308 e. The summed E-state index contributed by atoms with van der Waals surface area (Å²) in [6.45, 7) is 2.04. The highest BCUT2D eigenvalue weighted by molar-refractivity contribution is 6.38. The summed E-state index contributed by atoms with van der Waals surface area (Å²) in [4.78, 5) is 4.38. The average Bonchev–Trinajstić information content (AvgIpc) is 2.27. The zero-order valence-corrected chi connectivity index (χ0v) is 10.2. The quantitative estimate of drug-likeness (QED) is 0.639. The van der Waals surface area contributed by atoms with Gasteiger partial charge in [0, 0.05) is 10.4 Å². The molecule has 0 bridgehead atoms. The van der Waals surface area contributed by atoms with Crippen LogP contribution in [0.4, 0.5) is 5.82 Å². The van der Waals surface area contributed by atoms with Crippen LogP contribution in [0.25, 0.3) is 10.9 Å². The van der Waals surface area contributed by atoms with Gasteiger partial charge in [-0.15, -0.1) is 0 Å². The summed E-state index contributed by atoms with van der Waals surface area (Å²) in [5.74, 6) is 6.07. The van der Waals surface area contributed by atoms with Gasteiger partial charge >= 0.3 is 0 Å². The molecule has 1 aromatic heterocycles. The van der Waals surface area contributed by atoms with Gasteiger partial charge in [0.15, 0.2) is 0 Å². The van der Waals surface area contributed by atoms with Crippen molar-refractivity contribution in [3.8, 4) is 0 Å². The summed E-state index contributed by atoms with van der Waals surface area (Å²) < 4.78 is 0. The second kappa shape index (κ2) is 4.45. The minimum Gasteiger partial charge on any atom is -0.308 e. The van der Waals surface area contributed by atoms with E-state index in [0.29, 0.717) is 21.4 Å². The van der Waals surface area contributed by atoms with Crippen LogP contribution in [0.2, 0.25) is 10.0 Å². The number of benzene rings is 1. The highest BCUT2D eigenvalue weighted by Gasteiger charge is 2.08. The van der Waals surface area contributed by atoms with Gasteiger partial charge in [-0.3, -0.25) is 0 Å². The van der Waals surface area contributed by atoms with Crippen molar-refractivity contribution in [1.82, 2.24) is 4.98 Å². The molecule has 2 rings (SSSR count). The molecule has 1 aromatic carbocycles. The molecule has 0 atom stereocenters. The molecule has 0 amide bonds. The van der Waals surface area contributed by atoms with Gasteiger partial charge in [0.1, 0.15) is 5.82 Å². The summed E-state index contributed by atoms with van der Waals surface area (Å²) >= 11 is 12.0. The first-order chi connectivity index (χ1) is 7.65. The van der Waals surface area contributed by atoms with Gasteiger partial charge in [0.2, 0.25) is 0 Å². The van der Waals surface area contributed by atoms with Crippen molar-refractivity contribution in [3.63, 3.8) is 0 Å². The molecule has 0 unspecified atom stereocenters. The Morgan fingerprint density at radius 1 is 1.31 bits per heavy atom. The number of hydrogen-bond acceptors (Lipinski definition) is 3. The number of anilines is 1. The lowest BCUT2D eigenvalue weighted by molar-refractivity contribution is 1.10. The second-order valence-electron chi connectivity index (χ2n) is 3.45. The van der Waals surface area contributed by atoms with Gasteiger partial charge in [0.05, 0.1) is 10.5 Å². The fourth-order valence-corrected chi connectivity index (χ4v) is 2.20. The molecule has 16 heavy (non-hydrogen) atoms. The Bertz CT molecular complexity index is 540. The fraction of sp³-hybridized carbons (Fsp3) is 0.182. The molecule has 3 nitrogen and oxygen atoms in total. The van der Waals surface area contributed by atoms with E-state index in [4.69, 9.17) is 29.0 Å². The third kappa shape index (κ3) is 1.94. The monoisotopic (exact) mass is 255 g/mol. The maximum Gasteiger partial charge on any atom is 0.143 e. The van der Waals surface area contributed by atoms with E-state index < -0.39 is 0 Å². The van der Waals surface area contributed by atoms with Crippen LogP contribution < -0.4 is 11.3 Å². The molecule has 2 aromatic rings. The number of aromatic nitrogens is 1. The first-order valence-electron chi connectivity index (χ1n) is 4.91. The van der Waals surface area contributed by atoms with E-state index in [9.17, 15) is 0 Å². The van der Waals surface area contributed by atoms with Crippen LogP contribution in [0, 0.1) is 0 Å². The lowest BCUT2D eigenvalue weighted by atomic mass is 10.1. The number of halogens is 2. The second-order valence-corrected chi connectivity index (χ2v) is 4.30. The van der Waals surface area contributed by atoms with Crippen molar-refractivity contribution >= 4 is 39.9 Å². The number of nitrogen functional groups attached to an aromatic ring is 1. The lowest BCUT2D eigenvalue weighted by Crippen LogP contribution is -2.11. The molecule has 3 N–H and O–H groups in total. The molecule has 84 valence electrons. The third-order valence-electron chi connectivity index (χ3n) is 2.43. The number of nitrogens with one attached hydrogen (secondary N) is 1. The molecule has 0 aliphatic rings. The number of pyridine rings is 1. The van der Waals surface area contributed by atoms with E-state index in [1.807, 2.05) is 19.1 Å². The number of aryl methyl sites for hydroxylation is 1. The van der Waals surface area contributed by atoms with Crippen LogP contribution in [0.15, 0.2) is 18.2 Å². The van der Waals surface area contributed by atoms with E-state index >= 15 is 0 Å². The molecule has 1 heterocycles. The normalized spacial score (nSPS) is 10.8. The molecule has 0 saturated carbocycles. The molecule has 0 fully saturated rings. The van der Waals surface area contributed by atoms with Crippen LogP contribution in [0.3, 0.4) is 0 Å². The van der Waals surface area contributed by atoms with Crippen LogP contribution in [-0.2, 0) is 6.42 Å². The van der Waals surface area contributed by atoms with Crippen LogP contribution in [0.1, 0.15) is 12.5 Å². The molecular formula is C11H11Cl2N3. The van der Waals surface area contributed by atoms with Gasteiger partial charge in [-0.1, -0.05) is 30.1 Å². The number of nitrogens with zero attached hydrogens (tertiary/aromatic N) is 1. The molecule has 5 heteroatoms. The van der Waals surface area contributed by atoms with Gasteiger partial charge in [-0.25, -0.2) is 10.8 Å². The van der Waals surface area contributed by atoms with Crippen molar-refractivity contribution in [3.05, 3.63) is 33.8 Å². The molecular weight excluding hydrogens is 245 g/mol. The predicted molar refractivity (Wildman–Crippen MR) is 69.0 cm³/mol. The number of nitrogens with two attached hydrogens (primary N) is 1. The predicted octanol–water partition coefficient (Wildman–Crippen LogP) is 3.39. The Morgan fingerprint density at radius 2 is 2.06 bits per heavy atom. The van der Waals surface area contributed by atoms with E-state index in [1.54, 1.807) is 6.07 Å². The smallest absolute Gasteiger partial charge is 0.143 e. The van der Waals surface area contributed by atoms with Gasteiger partial charge in [-0.05, 0) is 30.2 Å². The van der Waals surface area contributed by atoms with E-state index in [-0.39, 0.29) is 0 Å². The Kier molecular flexibility index (Phi) is 3.19. The van der Waals surface area contributed by atoms with Gasteiger partial charge in [-0.2, -0.15) is 0 Å². The molecule has 0 spiro atoms. The van der Waals surface area contributed by atoms with Crippen molar-refractivity contribution in [2.75, 3.05) is 5.43 Å². The average molecular weight is 256 g/mol. The highest BCUT2D eigenvalue weighted by Crippen LogP contribution is 2.29. The summed E-state index contributed by atoms with van der Waals surface area (Å²) in [5.41, 5.74) is 4.32. The first-order valence-corrected chi connectivity index (χ1v) is 5.66. The topological polar surface area (TPSA) is 50.9 Å². The van der Waals surface area contributed by atoms with Crippen molar-refractivity contribution < 1.29 is 0 Å². The van der Waals surface area contributed by atoms with Gasteiger partial charge < -0.3 is 5.43 Å². The minimum absolute atomic E-state index is 0.529. The zero-order valence-electron chi connectivity index (χ0n) is 8.72. The summed E-state index contributed by atoms with van der Waals surface area (Å²) in [6, 6.07) is 5.51. The molecule has 0 aliphatic heterocycles. The number of fused-ring (bicyclic) bond motifs is 1. The van der Waals surface area contributed by atoms with Crippen molar-refractivity contribution in [2.24, 2.45) is 5.84 Å². The standard InChI is InChI=1S/C11H11Cl2N3/c1-2-6-3-7-4-8(12)5-9(13)10(7)15-11(6)16-14/h3-5H,2,14H2,1H3,(H,15,16). The Hall–Kier alpha value is -1.03. The molecule has 0 saturated heterocycles. The Labute approximate surface area is 104 Å². The lowest BCUT2D eigenvalue weighted by Gasteiger charge is -2.09. The number of hydrazine groups is 1. The first kappa shape index (κ1) is 11.5. The number of rotatable bonds is 2. The van der Waals surface area contributed by atoms with E-state index in [1.165, 1.54) is 0 Å². The maximum atomic E-state index is 6.07. The summed E-state index contributed by atoms with van der Waals surface area (Å²) in [6.07, 6.45) is 0.840. The van der Waals surface area contributed by atoms with Crippen LogP contribution in [0.5, 0.6) is 0 Å². The minimum atomic E-state index is 0.529. The highest BCUT2D eigenvalue weighted by atomic mass is 35.5. The SMILES string of the molecule is CCc1cc2cc(Cl)cc(Cl)c2nc1NN. The van der Waals surface area contributed by atoms with Crippen molar-refractivity contribution in [1.29, 1.82) is 0 Å². The molecule has 0 radical (unpaired) electrons. The van der Waals surface area contributed by atoms with E-state index in [0.717, 1.165) is 17.4 Å². The summed E-state index contributed by atoms with van der Waals surface area (Å²) in [7, 11) is 0. The van der Waals surface area contributed by atoms with E-state index in [2.05, 4.69) is 10.4 Å².